The first-order chi connectivity index (χ1) is 7.89. The maximum atomic E-state index is 14.2. The Balaban J connectivity index is 2.62. The number of hydrogen-bond donors (Lipinski definition) is 0. The van der Waals surface area contributed by atoms with E-state index in [2.05, 4.69) is 0 Å². The van der Waals surface area contributed by atoms with Crippen molar-refractivity contribution in [1.29, 1.82) is 0 Å². The molecule has 0 radical (unpaired) electrons. The normalized spacial score (nSPS) is 16.1. The summed E-state index contributed by atoms with van der Waals surface area (Å²) in [6, 6.07) is 1.58. The summed E-state index contributed by atoms with van der Waals surface area (Å²) in [6.45, 7) is 3.42. The van der Waals surface area contributed by atoms with Crippen molar-refractivity contribution < 1.29 is 13.5 Å². The highest BCUT2D eigenvalue weighted by Gasteiger charge is 2.50. The number of methoxy groups -OCH3 is 1. The Hall–Kier alpha value is -0.830. The fourth-order valence-electron chi connectivity index (χ4n) is 2.15. The van der Waals surface area contributed by atoms with Crippen molar-refractivity contribution in [1.82, 2.24) is 0 Å². The Morgan fingerprint density at radius 2 is 1.94 bits per heavy atom. The van der Waals surface area contributed by atoms with E-state index in [0.29, 0.717) is 23.4 Å². The van der Waals surface area contributed by atoms with Crippen LogP contribution in [0.25, 0.3) is 0 Å². The predicted octanol–water partition coefficient (Wildman–Crippen LogP) is 4.47. The third kappa shape index (κ3) is 2.01. The van der Waals surface area contributed by atoms with Gasteiger partial charge in [0.15, 0.2) is 0 Å². The molecular formula is C13H15ClF2O. The number of aryl methyl sites for hydroxylation is 1. The van der Waals surface area contributed by atoms with Crippen LogP contribution >= 0.6 is 11.6 Å². The van der Waals surface area contributed by atoms with Crippen LogP contribution in [-0.2, 0) is 5.92 Å². The van der Waals surface area contributed by atoms with Gasteiger partial charge in [-0.3, -0.25) is 0 Å². The van der Waals surface area contributed by atoms with Gasteiger partial charge in [-0.15, -0.1) is 0 Å². The van der Waals surface area contributed by atoms with E-state index >= 15 is 0 Å². The van der Waals surface area contributed by atoms with Crippen LogP contribution in [0.2, 0.25) is 5.02 Å². The lowest BCUT2D eigenvalue weighted by Gasteiger charge is -2.23. The molecule has 0 atom stereocenters. The minimum atomic E-state index is -2.84. The van der Waals surface area contributed by atoms with E-state index in [1.54, 1.807) is 19.9 Å². The van der Waals surface area contributed by atoms with Crippen molar-refractivity contribution in [3.8, 4) is 5.75 Å². The summed E-state index contributed by atoms with van der Waals surface area (Å²) in [5.74, 6) is -3.16. The van der Waals surface area contributed by atoms with E-state index in [0.717, 1.165) is 5.56 Å². The fourth-order valence-corrected chi connectivity index (χ4v) is 2.30. The van der Waals surface area contributed by atoms with E-state index in [4.69, 9.17) is 16.3 Å². The van der Waals surface area contributed by atoms with Crippen LogP contribution < -0.4 is 4.74 Å². The number of rotatable bonds is 3. The first-order valence-corrected chi connectivity index (χ1v) is 5.99. The van der Waals surface area contributed by atoms with Crippen molar-refractivity contribution >= 4 is 11.6 Å². The quantitative estimate of drug-likeness (QED) is 0.779. The van der Waals surface area contributed by atoms with Crippen LogP contribution in [0.5, 0.6) is 5.75 Å². The van der Waals surface area contributed by atoms with E-state index in [-0.39, 0.29) is 11.3 Å². The maximum Gasteiger partial charge on any atom is 0.279 e. The molecule has 0 heterocycles. The second-order valence-corrected chi connectivity index (χ2v) is 4.98. The van der Waals surface area contributed by atoms with Gasteiger partial charge in [0.25, 0.3) is 5.92 Å². The highest BCUT2D eigenvalue weighted by atomic mass is 35.5. The van der Waals surface area contributed by atoms with E-state index < -0.39 is 11.8 Å². The van der Waals surface area contributed by atoms with Crippen LogP contribution in [0.1, 0.15) is 29.5 Å². The molecule has 4 heteroatoms. The van der Waals surface area contributed by atoms with Crippen molar-refractivity contribution in [3.63, 3.8) is 0 Å². The van der Waals surface area contributed by atoms with Gasteiger partial charge >= 0.3 is 0 Å². The molecule has 0 saturated heterocycles. The van der Waals surface area contributed by atoms with Gasteiger partial charge in [0.2, 0.25) is 0 Å². The van der Waals surface area contributed by atoms with Crippen molar-refractivity contribution in [3.05, 3.63) is 27.8 Å². The van der Waals surface area contributed by atoms with Gasteiger partial charge in [-0.2, -0.15) is 0 Å². The summed E-state index contributed by atoms with van der Waals surface area (Å²) >= 11 is 6.05. The Labute approximate surface area is 105 Å². The van der Waals surface area contributed by atoms with Crippen molar-refractivity contribution in [2.75, 3.05) is 7.11 Å². The molecule has 0 unspecified atom stereocenters. The fraction of sp³-hybridized carbons (Fsp3) is 0.538. The lowest BCUT2D eigenvalue weighted by atomic mass is 9.96. The standard InChI is InChI=1S/C13H15ClF2O/c1-7-6-10(17-3)11(8(2)12(7)14)13(15,16)9-4-5-9/h6,9H,4-5H2,1-3H3. The molecule has 2 rings (SSSR count). The molecule has 1 fully saturated rings. The molecule has 0 aromatic heterocycles. The van der Waals surface area contributed by atoms with Crippen LogP contribution in [0.15, 0.2) is 6.07 Å². The highest BCUT2D eigenvalue weighted by Crippen LogP contribution is 2.53. The second-order valence-electron chi connectivity index (χ2n) is 4.61. The molecule has 0 spiro atoms. The Morgan fingerprint density at radius 1 is 1.35 bits per heavy atom. The number of alkyl halides is 2. The van der Waals surface area contributed by atoms with Crippen molar-refractivity contribution in [2.45, 2.75) is 32.6 Å². The highest BCUT2D eigenvalue weighted by molar-refractivity contribution is 6.32. The zero-order valence-electron chi connectivity index (χ0n) is 10.1. The molecule has 17 heavy (non-hydrogen) atoms. The van der Waals surface area contributed by atoms with Gasteiger partial charge in [0.05, 0.1) is 12.7 Å². The SMILES string of the molecule is COc1cc(C)c(Cl)c(C)c1C(F)(F)C1CC1. The maximum absolute atomic E-state index is 14.2. The van der Waals surface area contributed by atoms with Crippen LogP contribution in [0.4, 0.5) is 8.78 Å². The smallest absolute Gasteiger partial charge is 0.279 e. The largest absolute Gasteiger partial charge is 0.496 e. The van der Waals surface area contributed by atoms with Crippen LogP contribution in [0.3, 0.4) is 0 Å². The summed E-state index contributed by atoms with van der Waals surface area (Å²) in [6.07, 6.45) is 1.14. The molecular weight excluding hydrogens is 246 g/mol. The molecule has 0 amide bonds. The summed E-state index contributed by atoms with van der Waals surface area (Å²) < 4.78 is 33.5. The minimum absolute atomic E-state index is 0.0434. The molecule has 0 aliphatic heterocycles. The summed E-state index contributed by atoms with van der Waals surface area (Å²) in [4.78, 5) is 0. The molecule has 0 N–H and O–H groups in total. The molecule has 1 nitrogen and oxygen atoms in total. The molecule has 1 aromatic carbocycles. The topological polar surface area (TPSA) is 9.23 Å². The Morgan fingerprint density at radius 3 is 2.41 bits per heavy atom. The van der Waals surface area contributed by atoms with Crippen LogP contribution in [0, 0.1) is 19.8 Å². The van der Waals surface area contributed by atoms with Gasteiger partial charge < -0.3 is 4.74 Å². The molecule has 1 aliphatic carbocycles. The van der Waals surface area contributed by atoms with E-state index in [1.165, 1.54) is 7.11 Å². The van der Waals surface area contributed by atoms with E-state index in [9.17, 15) is 8.78 Å². The molecule has 1 aliphatic rings. The van der Waals surface area contributed by atoms with Gasteiger partial charge in [-0.25, -0.2) is 8.78 Å². The average molecular weight is 261 g/mol. The summed E-state index contributed by atoms with van der Waals surface area (Å²) in [5, 5.41) is 0.404. The average Bonchev–Trinajstić information content (AvgIpc) is 3.08. The number of halogens is 3. The van der Waals surface area contributed by atoms with Gasteiger partial charge in [0, 0.05) is 10.9 Å². The monoisotopic (exact) mass is 260 g/mol. The minimum Gasteiger partial charge on any atom is -0.496 e. The zero-order valence-corrected chi connectivity index (χ0v) is 10.9. The summed E-state index contributed by atoms with van der Waals surface area (Å²) in [7, 11) is 1.41. The molecule has 1 saturated carbocycles. The summed E-state index contributed by atoms with van der Waals surface area (Å²) in [5.41, 5.74) is 1.15. The van der Waals surface area contributed by atoms with Gasteiger partial charge in [0.1, 0.15) is 5.75 Å². The Kier molecular flexibility index (Phi) is 3.06. The Bertz CT molecular complexity index is 453. The predicted molar refractivity (Wildman–Crippen MR) is 64.1 cm³/mol. The van der Waals surface area contributed by atoms with Crippen LogP contribution in [-0.4, -0.2) is 7.11 Å². The molecule has 0 bridgehead atoms. The third-order valence-electron chi connectivity index (χ3n) is 3.29. The lowest BCUT2D eigenvalue weighted by Crippen LogP contribution is -2.19. The second kappa shape index (κ2) is 4.13. The lowest BCUT2D eigenvalue weighted by molar-refractivity contribution is -0.0310. The number of hydrogen-bond acceptors (Lipinski definition) is 1. The van der Waals surface area contributed by atoms with Gasteiger partial charge in [-0.05, 0) is 43.9 Å². The van der Waals surface area contributed by atoms with Crippen molar-refractivity contribution in [2.24, 2.45) is 5.92 Å². The third-order valence-corrected chi connectivity index (χ3v) is 3.87. The first-order valence-electron chi connectivity index (χ1n) is 5.61. The number of benzene rings is 1. The van der Waals surface area contributed by atoms with E-state index in [1.807, 2.05) is 0 Å². The number of ether oxygens (including phenoxy) is 1. The zero-order chi connectivity index (χ0) is 12.8. The first kappa shape index (κ1) is 12.6. The van der Waals surface area contributed by atoms with Gasteiger partial charge in [-0.1, -0.05) is 11.6 Å². The molecule has 1 aromatic rings. The molecule has 94 valence electrons.